The Morgan fingerprint density at radius 1 is 1.09 bits per heavy atom. The highest BCUT2D eigenvalue weighted by atomic mass is 79.9. The number of hydrogen-bond donors (Lipinski definition) is 0. The lowest BCUT2D eigenvalue weighted by Gasteiger charge is -2.06. The molecule has 2 aromatic heterocycles. The molecule has 108 valence electrons. The summed E-state index contributed by atoms with van der Waals surface area (Å²) in [7, 11) is 0. The highest BCUT2D eigenvalue weighted by Crippen LogP contribution is 2.24. The standard InChI is InChI=1S/C17H11BrN2O2/c18-13-7-3-1-5-11(13)9-20-10-19-15-12-6-2-4-8-14(12)22-16(15)17(20)21/h1-8,10H,9H2. The van der Waals surface area contributed by atoms with Crippen LogP contribution in [-0.2, 0) is 6.54 Å². The molecule has 0 spiro atoms. The van der Waals surface area contributed by atoms with E-state index >= 15 is 0 Å². The number of benzene rings is 2. The zero-order chi connectivity index (χ0) is 15.1. The van der Waals surface area contributed by atoms with Crippen molar-refractivity contribution in [3.8, 4) is 0 Å². The van der Waals surface area contributed by atoms with Gasteiger partial charge in [0.2, 0.25) is 5.58 Å². The largest absolute Gasteiger partial charge is 0.448 e. The van der Waals surface area contributed by atoms with Crippen LogP contribution in [0.1, 0.15) is 5.56 Å². The number of rotatable bonds is 2. The van der Waals surface area contributed by atoms with Gasteiger partial charge < -0.3 is 4.42 Å². The number of para-hydroxylation sites is 1. The van der Waals surface area contributed by atoms with E-state index in [0.717, 1.165) is 15.4 Å². The van der Waals surface area contributed by atoms with Crippen LogP contribution in [0, 0.1) is 0 Å². The molecule has 0 bridgehead atoms. The van der Waals surface area contributed by atoms with Gasteiger partial charge in [0.05, 0.1) is 12.9 Å². The maximum absolute atomic E-state index is 12.6. The number of fused-ring (bicyclic) bond motifs is 3. The van der Waals surface area contributed by atoms with Crippen molar-refractivity contribution in [3.63, 3.8) is 0 Å². The normalized spacial score (nSPS) is 11.3. The van der Waals surface area contributed by atoms with Gasteiger partial charge in [-0.15, -0.1) is 0 Å². The molecule has 0 N–H and O–H groups in total. The van der Waals surface area contributed by atoms with E-state index in [2.05, 4.69) is 20.9 Å². The average molecular weight is 355 g/mol. The fourth-order valence-electron chi connectivity index (χ4n) is 2.54. The van der Waals surface area contributed by atoms with Gasteiger partial charge in [-0.25, -0.2) is 4.98 Å². The number of halogens is 1. The number of aromatic nitrogens is 2. The molecule has 0 saturated carbocycles. The minimum atomic E-state index is -0.169. The van der Waals surface area contributed by atoms with E-state index in [0.29, 0.717) is 23.2 Å². The summed E-state index contributed by atoms with van der Waals surface area (Å²) in [6.07, 6.45) is 1.58. The van der Waals surface area contributed by atoms with Gasteiger partial charge in [-0.05, 0) is 23.8 Å². The smallest absolute Gasteiger partial charge is 0.297 e. The number of furan rings is 1. The molecule has 0 amide bonds. The third-order valence-corrected chi connectivity index (χ3v) is 4.42. The summed E-state index contributed by atoms with van der Waals surface area (Å²) in [6, 6.07) is 15.3. The highest BCUT2D eigenvalue weighted by molar-refractivity contribution is 9.10. The van der Waals surface area contributed by atoms with Gasteiger partial charge in [0.1, 0.15) is 11.1 Å². The lowest BCUT2D eigenvalue weighted by molar-refractivity contribution is 0.642. The fraction of sp³-hybridized carbons (Fsp3) is 0.0588. The van der Waals surface area contributed by atoms with Crippen molar-refractivity contribution >= 4 is 38.0 Å². The molecule has 0 unspecified atom stereocenters. The summed E-state index contributed by atoms with van der Waals surface area (Å²) in [5.41, 5.74) is 2.44. The van der Waals surface area contributed by atoms with Gasteiger partial charge >= 0.3 is 0 Å². The van der Waals surface area contributed by atoms with Crippen molar-refractivity contribution in [2.45, 2.75) is 6.54 Å². The van der Waals surface area contributed by atoms with Crippen molar-refractivity contribution in [1.82, 2.24) is 9.55 Å². The molecule has 4 aromatic rings. The average Bonchev–Trinajstić information content (AvgIpc) is 2.92. The molecule has 2 aromatic carbocycles. The Balaban J connectivity index is 1.90. The Morgan fingerprint density at radius 3 is 2.73 bits per heavy atom. The van der Waals surface area contributed by atoms with Crippen LogP contribution in [0.4, 0.5) is 0 Å². The first kappa shape index (κ1) is 13.3. The Hall–Kier alpha value is -2.40. The first-order valence-corrected chi connectivity index (χ1v) is 7.63. The minimum Gasteiger partial charge on any atom is -0.448 e. The monoisotopic (exact) mass is 354 g/mol. The van der Waals surface area contributed by atoms with Crippen molar-refractivity contribution in [3.05, 3.63) is 75.2 Å². The zero-order valence-corrected chi connectivity index (χ0v) is 13.1. The van der Waals surface area contributed by atoms with Crippen molar-refractivity contribution in [2.24, 2.45) is 0 Å². The second-order valence-electron chi connectivity index (χ2n) is 5.04. The van der Waals surface area contributed by atoms with Crippen LogP contribution in [0.2, 0.25) is 0 Å². The van der Waals surface area contributed by atoms with E-state index in [1.165, 1.54) is 0 Å². The molecule has 0 radical (unpaired) electrons. The third-order valence-electron chi connectivity index (χ3n) is 3.65. The Bertz CT molecular complexity index is 1050. The molecule has 0 aliphatic carbocycles. The van der Waals surface area contributed by atoms with Gasteiger partial charge in [-0.3, -0.25) is 9.36 Å². The van der Waals surface area contributed by atoms with Crippen molar-refractivity contribution < 1.29 is 4.42 Å². The summed E-state index contributed by atoms with van der Waals surface area (Å²) in [5, 5.41) is 0.864. The predicted octanol–water partition coefficient (Wildman–Crippen LogP) is 3.95. The first-order valence-electron chi connectivity index (χ1n) is 6.84. The summed E-state index contributed by atoms with van der Waals surface area (Å²) in [6.45, 7) is 0.445. The molecule has 4 rings (SSSR count). The molecule has 0 atom stereocenters. The SMILES string of the molecule is O=c1c2oc3ccccc3c2ncn1Cc1ccccc1Br. The van der Waals surface area contributed by atoms with Crippen LogP contribution < -0.4 is 5.56 Å². The van der Waals surface area contributed by atoms with E-state index in [-0.39, 0.29) is 5.56 Å². The molecule has 5 heteroatoms. The Labute approximate surface area is 134 Å². The fourth-order valence-corrected chi connectivity index (χ4v) is 2.95. The summed E-state index contributed by atoms with van der Waals surface area (Å²) < 4.78 is 8.21. The highest BCUT2D eigenvalue weighted by Gasteiger charge is 2.13. The molecular weight excluding hydrogens is 344 g/mol. The topological polar surface area (TPSA) is 48.0 Å². The second-order valence-corrected chi connectivity index (χ2v) is 5.90. The van der Waals surface area contributed by atoms with E-state index in [1.807, 2.05) is 48.5 Å². The van der Waals surface area contributed by atoms with Gasteiger partial charge in [-0.2, -0.15) is 0 Å². The molecule has 0 aliphatic rings. The number of nitrogens with zero attached hydrogens (tertiary/aromatic N) is 2. The van der Waals surface area contributed by atoms with E-state index in [1.54, 1.807) is 10.9 Å². The van der Waals surface area contributed by atoms with E-state index < -0.39 is 0 Å². The van der Waals surface area contributed by atoms with Crippen molar-refractivity contribution in [2.75, 3.05) is 0 Å². The third kappa shape index (κ3) is 2.05. The van der Waals surface area contributed by atoms with Gasteiger partial charge in [0.15, 0.2) is 0 Å². The van der Waals surface area contributed by atoms with Crippen LogP contribution in [0.25, 0.3) is 22.1 Å². The van der Waals surface area contributed by atoms with Crippen molar-refractivity contribution in [1.29, 1.82) is 0 Å². The van der Waals surface area contributed by atoms with E-state index in [4.69, 9.17) is 4.42 Å². The van der Waals surface area contributed by atoms with Gasteiger partial charge in [0, 0.05) is 9.86 Å². The lowest BCUT2D eigenvalue weighted by Crippen LogP contribution is -2.20. The molecule has 0 aliphatic heterocycles. The van der Waals surface area contributed by atoms with Crippen LogP contribution in [-0.4, -0.2) is 9.55 Å². The van der Waals surface area contributed by atoms with Crippen LogP contribution in [0.3, 0.4) is 0 Å². The maximum Gasteiger partial charge on any atom is 0.297 e. The maximum atomic E-state index is 12.6. The summed E-state index contributed by atoms with van der Waals surface area (Å²) >= 11 is 3.50. The summed E-state index contributed by atoms with van der Waals surface area (Å²) in [4.78, 5) is 17.0. The Kier molecular flexibility index (Phi) is 3.08. The minimum absolute atomic E-state index is 0.169. The van der Waals surface area contributed by atoms with Crippen LogP contribution in [0.5, 0.6) is 0 Å². The molecule has 0 saturated heterocycles. The lowest BCUT2D eigenvalue weighted by atomic mass is 10.2. The van der Waals surface area contributed by atoms with Crippen LogP contribution in [0.15, 0.2) is 68.5 Å². The van der Waals surface area contributed by atoms with Crippen LogP contribution >= 0.6 is 15.9 Å². The van der Waals surface area contributed by atoms with Gasteiger partial charge in [-0.1, -0.05) is 46.3 Å². The van der Waals surface area contributed by atoms with Gasteiger partial charge in [0.25, 0.3) is 5.56 Å². The zero-order valence-electron chi connectivity index (χ0n) is 11.5. The predicted molar refractivity (Wildman–Crippen MR) is 89.0 cm³/mol. The number of hydrogen-bond acceptors (Lipinski definition) is 3. The molecule has 2 heterocycles. The molecular formula is C17H11BrN2O2. The molecule has 0 fully saturated rings. The molecule has 4 nitrogen and oxygen atoms in total. The Morgan fingerprint density at radius 2 is 1.86 bits per heavy atom. The quantitative estimate of drug-likeness (QED) is 0.547. The molecule has 22 heavy (non-hydrogen) atoms. The summed E-state index contributed by atoms with van der Waals surface area (Å²) in [5.74, 6) is 0. The second kappa shape index (κ2) is 5.10. The van der Waals surface area contributed by atoms with E-state index in [9.17, 15) is 4.79 Å². The first-order chi connectivity index (χ1) is 10.7.